The summed E-state index contributed by atoms with van der Waals surface area (Å²) in [5, 5.41) is 4.12. The van der Waals surface area contributed by atoms with Crippen LogP contribution in [0.4, 0.5) is 0 Å². The van der Waals surface area contributed by atoms with Gasteiger partial charge in [0.05, 0.1) is 4.88 Å². The van der Waals surface area contributed by atoms with Crippen LogP contribution in [0.5, 0.6) is 0 Å². The first-order chi connectivity index (χ1) is 4.34. The van der Waals surface area contributed by atoms with E-state index < -0.39 is 0 Å². The average molecular weight is 161 g/mol. The normalized spacial score (nSPS) is 9.44. The van der Waals surface area contributed by atoms with E-state index in [1.165, 1.54) is 11.5 Å². The lowest BCUT2D eigenvalue weighted by molar-refractivity contribution is 1.14. The summed E-state index contributed by atoms with van der Waals surface area (Å²) in [4.78, 5) is 0.978. The van der Waals surface area contributed by atoms with E-state index in [-0.39, 0.29) is 0 Å². The number of allylic oxidation sites excluding steroid dienone is 1. The van der Waals surface area contributed by atoms with Crippen LogP contribution in [-0.4, -0.2) is 9.59 Å². The quantitative estimate of drug-likeness (QED) is 0.618. The smallest absolute Gasteiger partial charge is 0.126 e. The number of aromatic nitrogens is 2. The Bertz CT molecular complexity index is 208. The molecule has 2 nitrogen and oxygen atoms in total. The SMILES string of the molecule is C=CCc1snnc1Cl. The molecular formula is C5H5ClN2S. The van der Waals surface area contributed by atoms with Crippen LogP contribution in [0.25, 0.3) is 0 Å². The van der Waals surface area contributed by atoms with Crippen molar-refractivity contribution >= 4 is 23.1 Å². The van der Waals surface area contributed by atoms with Gasteiger partial charge in [-0.15, -0.1) is 11.7 Å². The fourth-order valence-corrected chi connectivity index (χ4v) is 1.24. The molecular weight excluding hydrogens is 156 g/mol. The van der Waals surface area contributed by atoms with Crippen LogP contribution in [0.3, 0.4) is 0 Å². The van der Waals surface area contributed by atoms with E-state index >= 15 is 0 Å². The molecule has 0 N–H and O–H groups in total. The highest BCUT2D eigenvalue weighted by Crippen LogP contribution is 2.15. The summed E-state index contributed by atoms with van der Waals surface area (Å²) < 4.78 is 3.65. The highest BCUT2D eigenvalue weighted by molar-refractivity contribution is 7.06. The molecule has 0 aliphatic carbocycles. The molecule has 0 spiro atoms. The largest absolute Gasteiger partial charge is 0.167 e. The van der Waals surface area contributed by atoms with Crippen molar-refractivity contribution in [3.05, 3.63) is 22.7 Å². The first kappa shape index (κ1) is 6.71. The zero-order valence-electron chi connectivity index (χ0n) is 4.67. The van der Waals surface area contributed by atoms with Crippen LogP contribution in [0, 0.1) is 0 Å². The molecule has 0 radical (unpaired) electrons. The van der Waals surface area contributed by atoms with E-state index in [1.807, 2.05) is 0 Å². The van der Waals surface area contributed by atoms with Crippen LogP contribution < -0.4 is 0 Å². The van der Waals surface area contributed by atoms with Gasteiger partial charge in [0.1, 0.15) is 0 Å². The third kappa shape index (κ3) is 1.50. The van der Waals surface area contributed by atoms with E-state index in [4.69, 9.17) is 11.6 Å². The van der Waals surface area contributed by atoms with Crippen molar-refractivity contribution in [3.63, 3.8) is 0 Å². The Labute approximate surface area is 62.3 Å². The Morgan fingerprint density at radius 1 is 1.78 bits per heavy atom. The predicted octanol–water partition coefficient (Wildman–Crippen LogP) is 1.92. The van der Waals surface area contributed by atoms with E-state index in [0.717, 1.165) is 11.3 Å². The van der Waals surface area contributed by atoms with Crippen molar-refractivity contribution in [3.8, 4) is 0 Å². The Morgan fingerprint density at radius 3 is 3.00 bits per heavy atom. The lowest BCUT2D eigenvalue weighted by Crippen LogP contribution is -1.72. The second-order valence-electron chi connectivity index (χ2n) is 1.48. The van der Waals surface area contributed by atoms with E-state index in [0.29, 0.717) is 5.15 Å². The summed E-state index contributed by atoms with van der Waals surface area (Å²) in [7, 11) is 0. The number of hydrogen-bond donors (Lipinski definition) is 0. The number of hydrogen-bond acceptors (Lipinski definition) is 3. The van der Waals surface area contributed by atoms with E-state index in [9.17, 15) is 0 Å². The van der Waals surface area contributed by atoms with Crippen molar-refractivity contribution < 1.29 is 0 Å². The highest BCUT2D eigenvalue weighted by Gasteiger charge is 2.00. The van der Waals surface area contributed by atoms with Crippen LogP contribution in [0.2, 0.25) is 5.15 Å². The molecule has 0 aliphatic heterocycles. The van der Waals surface area contributed by atoms with Crippen LogP contribution in [-0.2, 0) is 6.42 Å². The maximum absolute atomic E-state index is 5.61. The molecule has 0 saturated carbocycles. The van der Waals surface area contributed by atoms with Crippen molar-refractivity contribution in [2.24, 2.45) is 0 Å². The topological polar surface area (TPSA) is 25.8 Å². The fourth-order valence-electron chi connectivity index (χ4n) is 0.452. The second-order valence-corrected chi connectivity index (χ2v) is 2.68. The van der Waals surface area contributed by atoms with Crippen molar-refractivity contribution in [1.29, 1.82) is 0 Å². The minimum atomic E-state index is 0.500. The lowest BCUT2D eigenvalue weighted by Gasteiger charge is -1.82. The second kappa shape index (κ2) is 2.94. The molecule has 0 aliphatic rings. The Hall–Kier alpha value is -0.410. The van der Waals surface area contributed by atoms with E-state index in [1.54, 1.807) is 6.08 Å². The van der Waals surface area contributed by atoms with Gasteiger partial charge in [0.25, 0.3) is 0 Å². The molecule has 1 heterocycles. The maximum atomic E-state index is 5.61. The third-order valence-electron chi connectivity index (χ3n) is 0.839. The minimum absolute atomic E-state index is 0.500. The number of halogens is 1. The molecule has 4 heteroatoms. The standard InChI is InChI=1S/C5H5ClN2S/c1-2-3-4-5(6)7-8-9-4/h2H,1,3H2. The molecule has 9 heavy (non-hydrogen) atoms. The van der Waals surface area contributed by atoms with Gasteiger partial charge in [-0.1, -0.05) is 22.2 Å². The molecule has 0 aromatic carbocycles. The highest BCUT2D eigenvalue weighted by atomic mass is 35.5. The molecule has 1 aromatic rings. The molecule has 1 aromatic heterocycles. The van der Waals surface area contributed by atoms with Crippen molar-refractivity contribution in [2.75, 3.05) is 0 Å². The lowest BCUT2D eigenvalue weighted by atomic mass is 10.4. The van der Waals surface area contributed by atoms with Gasteiger partial charge in [-0.2, -0.15) is 0 Å². The molecule has 48 valence electrons. The summed E-state index contributed by atoms with van der Waals surface area (Å²) in [6.07, 6.45) is 2.54. The monoisotopic (exact) mass is 160 g/mol. The fraction of sp³-hybridized carbons (Fsp3) is 0.200. The Kier molecular flexibility index (Phi) is 2.19. The molecule has 0 amide bonds. The van der Waals surface area contributed by atoms with Gasteiger partial charge in [-0.25, -0.2) is 0 Å². The first-order valence-electron chi connectivity index (χ1n) is 2.42. The predicted molar refractivity (Wildman–Crippen MR) is 38.8 cm³/mol. The molecule has 1 rings (SSSR count). The molecule has 0 fully saturated rings. The number of nitrogens with zero attached hydrogens (tertiary/aromatic N) is 2. The zero-order chi connectivity index (χ0) is 6.69. The summed E-state index contributed by atoms with van der Waals surface area (Å²) in [6, 6.07) is 0. The van der Waals surface area contributed by atoms with Gasteiger partial charge >= 0.3 is 0 Å². The van der Waals surface area contributed by atoms with Gasteiger partial charge in [0.2, 0.25) is 0 Å². The summed E-state index contributed by atoms with van der Waals surface area (Å²) in [5.41, 5.74) is 0. The molecule has 0 bridgehead atoms. The van der Waals surface area contributed by atoms with Crippen LogP contribution in [0.15, 0.2) is 12.7 Å². The van der Waals surface area contributed by atoms with Crippen molar-refractivity contribution in [2.45, 2.75) is 6.42 Å². The third-order valence-corrected chi connectivity index (χ3v) is 2.00. The molecule has 0 saturated heterocycles. The molecule has 0 unspecified atom stereocenters. The minimum Gasteiger partial charge on any atom is -0.126 e. The van der Waals surface area contributed by atoms with Crippen molar-refractivity contribution in [1.82, 2.24) is 9.59 Å². The van der Waals surface area contributed by atoms with Crippen LogP contribution >= 0.6 is 23.1 Å². The van der Waals surface area contributed by atoms with E-state index in [2.05, 4.69) is 16.2 Å². The number of rotatable bonds is 2. The van der Waals surface area contributed by atoms with Gasteiger partial charge in [0.15, 0.2) is 5.15 Å². The van der Waals surface area contributed by atoms with Gasteiger partial charge in [-0.3, -0.25) is 0 Å². The van der Waals surface area contributed by atoms with Gasteiger partial charge < -0.3 is 0 Å². The summed E-state index contributed by atoms with van der Waals surface area (Å²) >= 11 is 6.92. The summed E-state index contributed by atoms with van der Waals surface area (Å²) in [5.74, 6) is 0. The van der Waals surface area contributed by atoms with Crippen LogP contribution in [0.1, 0.15) is 4.88 Å². The summed E-state index contributed by atoms with van der Waals surface area (Å²) in [6.45, 7) is 3.57. The van der Waals surface area contributed by atoms with Gasteiger partial charge in [-0.05, 0) is 11.5 Å². The maximum Gasteiger partial charge on any atom is 0.167 e. The molecule has 0 atom stereocenters. The first-order valence-corrected chi connectivity index (χ1v) is 3.57. The zero-order valence-corrected chi connectivity index (χ0v) is 6.24. The Balaban J connectivity index is 2.80. The average Bonchev–Trinajstić information content (AvgIpc) is 2.18. The Morgan fingerprint density at radius 2 is 2.56 bits per heavy atom. The van der Waals surface area contributed by atoms with Gasteiger partial charge in [0, 0.05) is 6.42 Å².